The topological polar surface area (TPSA) is 55.4 Å². The molecular formula is C10H18ClNO3. The lowest BCUT2D eigenvalue weighted by Gasteiger charge is -2.30. The molecule has 5 heteroatoms. The zero-order chi connectivity index (χ0) is 12.3. The first-order valence-electron chi connectivity index (χ1n) is 4.69. The Morgan fingerprint density at radius 3 is 2.00 bits per heavy atom. The minimum atomic E-state index is -1.30. The molecule has 0 aromatic heterocycles. The third-order valence-corrected chi connectivity index (χ3v) is 2.10. The number of halogens is 1. The first-order valence-corrected chi connectivity index (χ1v) is 5.22. The normalized spacial score (nSPS) is 15.3. The van der Waals surface area contributed by atoms with Gasteiger partial charge in [-0.2, -0.15) is 0 Å². The van der Waals surface area contributed by atoms with Crippen molar-refractivity contribution in [3.8, 4) is 0 Å². The summed E-state index contributed by atoms with van der Waals surface area (Å²) >= 11 is 5.64. The smallest absolute Gasteiger partial charge is 0.303 e. The molecule has 0 fully saturated rings. The highest BCUT2D eigenvalue weighted by atomic mass is 35.5. The zero-order valence-electron chi connectivity index (χ0n) is 9.81. The summed E-state index contributed by atoms with van der Waals surface area (Å²) in [5.74, 6) is -0.989. The van der Waals surface area contributed by atoms with Crippen LogP contribution in [0.15, 0.2) is 0 Å². The third kappa shape index (κ3) is 5.02. The molecule has 0 aliphatic rings. The second kappa shape index (κ2) is 4.84. The van der Waals surface area contributed by atoms with Crippen LogP contribution in [0.3, 0.4) is 0 Å². The SMILES string of the molecule is CC(=O)OC(C)(CCl)C(=O)NC(C)(C)C. The largest absolute Gasteiger partial charge is 0.448 e. The van der Waals surface area contributed by atoms with Gasteiger partial charge in [0.2, 0.25) is 5.60 Å². The Hall–Kier alpha value is -0.770. The molecule has 0 aromatic rings. The summed E-state index contributed by atoms with van der Waals surface area (Å²) in [5.41, 5.74) is -1.69. The van der Waals surface area contributed by atoms with Gasteiger partial charge in [-0.25, -0.2) is 0 Å². The van der Waals surface area contributed by atoms with E-state index in [2.05, 4.69) is 5.32 Å². The van der Waals surface area contributed by atoms with Crippen LogP contribution in [0.1, 0.15) is 34.6 Å². The number of carbonyl (C=O) groups is 2. The fourth-order valence-electron chi connectivity index (χ4n) is 0.924. The van der Waals surface area contributed by atoms with Gasteiger partial charge in [-0.05, 0) is 27.7 Å². The number of carbonyl (C=O) groups excluding carboxylic acids is 2. The Bertz CT molecular complexity index is 260. The molecule has 0 saturated heterocycles. The summed E-state index contributed by atoms with van der Waals surface area (Å²) in [5, 5.41) is 2.72. The Balaban J connectivity index is 4.66. The van der Waals surface area contributed by atoms with E-state index in [4.69, 9.17) is 16.3 Å². The monoisotopic (exact) mass is 235 g/mol. The van der Waals surface area contributed by atoms with E-state index in [1.165, 1.54) is 13.8 Å². The zero-order valence-corrected chi connectivity index (χ0v) is 10.6. The van der Waals surface area contributed by atoms with Crippen molar-refractivity contribution in [2.75, 3.05) is 5.88 Å². The highest BCUT2D eigenvalue weighted by Gasteiger charge is 2.37. The number of nitrogens with one attached hydrogen (secondary N) is 1. The minimum absolute atomic E-state index is 0.0749. The second-order valence-corrected chi connectivity index (χ2v) is 4.93. The molecule has 0 radical (unpaired) electrons. The predicted octanol–water partition coefficient (Wildman–Crippen LogP) is 1.46. The molecule has 0 saturated carbocycles. The minimum Gasteiger partial charge on any atom is -0.448 e. The van der Waals surface area contributed by atoms with Crippen LogP contribution in [0.4, 0.5) is 0 Å². The maximum atomic E-state index is 11.8. The number of ether oxygens (including phenoxy) is 1. The number of esters is 1. The van der Waals surface area contributed by atoms with Crippen LogP contribution in [0.2, 0.25) is 0 Å². The summed E-state index contributed by atoms with van der Waals surface area (Å²) in [7, 11) is 0. The Labute approximate surface area is 95.3 Å². The summed E-state index contributed by atoms with van der Waals surface area (Å²) in [6.07, 6.45) is 0. The van der Waals surface area contributed by atoms with E-state index in [9.17, 15) is 9.59 Å². The highest BCUT2D eigenvalue weighted by Crippen LogP contribution is 2.15. The molecular weight excluding hydrogens is 218 g/mol. The van der Waals surface area contributed by atoms with Crippen LogP contribution >= 0.6 is 11.6 Å². The quantitative estimate of drug-likeness (QED) is 0.595. The Kier molecular flexibility index (Phi) is 4.59. The van der Waals surface area contributed by atoms with Crippen LogP contribution in [-0.4, -0.2) is 28.9 Å². The van der Waals surface area contributed by atoms with Crippen molar-refractivity contribution >= 4 is 23.5 Å². The first kappa shape index (κ1) is 14.2. The molecule has 0 heterocycles. The van der Waals surface area contributed by atoms with Gasteiger partial charge in [0.1, 0.15) is 0 Å². The van der Waals surface area contributed by atoms with Gasteiger partial charge in [-0.1, -0.05) is 0 Å². The van der Waals surface area contributed by atoms with Gasteiger partial charge < -0.3 is 10.1 Å². The molecule has 4 nitrogen and oxygen atoms in total. The molecule has 1 amide bonds. The van der Waals surface area contributed by atoms with Crippen LogP contribution in [0.25, 0.3) is 0 Å². The molecule has 0 rings (SSSR count). The van der Waals surface area contributed by atoms with Crippen LogP contribution in [-0.2, 0) is 14.3 Å². The average molecular weight is 236 g/mol. The second-order valence-electron chi connectivity index (χ2n) is 4.66. The van der Waals surface area contributed by atoms with Crippen molar-refractivity contribution in [1.82, 2.24) is 5.32 Å². The number of amides is 1. The molecule has 1 unspecified atom stereocenters. The molecule has 0 aliphatic carbocycles. The van der Waals surface area contributed by atoms with Crippen molar-refractivity contribution in [2.24, 2.45) is 0 Å². The molecule has 1 N–H and O–H groups in total. The van der Waals surface area contributed by atoms with Gasteiger partial charge in [0, 0.05) is 12.5 Å². The molecule has 0 bridgehead atoms. The van der Waals surface area contributed by atoms with E-state index in [1.807, 2.05) is 20.8 Å². The lowest BCUT2D eigenvalue weighted by molar-refractivity contribution is -0.163. The van der Waals surface area contributed by atoms with Crippen molar-refractivity contribution in [3.63, 3.8) is 0 Å². The maximum Gasteiger partial charge on any atom is 0.303 e. The van der Waals surface area contributed by atoms with Gasteiger partial charge in [0.15, 0.2) is 0 Å². The molecule has 1 atom stereocenters. The van der Waals surface area contributed by atoms with Crippen LogP contribution in [0, 0.1) is 0 Å². The summed E-state index contributed by atoms with van der Waals surface area (Å²) in [6.45, 7) is 8.26. The Morgan fingerprint density at radius 2 is 1.73 bits per heavy atom. The number of hydrogen-bond acceptors (Lipinski definition) is 3. The lowest BCUT2D eigenvalue weighted by Crippen LogP contribution is -2.54. The third-order valence-electron chi connectivity index (χ3n) is 1.59. The van der Waals surface area contributed by atoms with Gasteiger partial charge in [-0.3, -0.25) is 9.59 Å². The average Bonchev–Trinajstić information content (AvgIpc) is 1.99. The lowest BCUT2D eigenvalue weighted by atomic mass is 10.0. The number of hydrogen-bond donors (Lipinski definition) is 1. The molecule has 0 aliphatic heterocycles. The van der Waals surface area contributed by atoms with Crippen molar-refractivity contribution in [1.29, 1.82) is 0 Å². The van der Waals surface area contributed by atoms with Gasteiger partial charge >= 0.3 is 5.97 Å². The molecule has 88 valence electrons. The van der Waals surface area contributed by atoms with Crippen molar-refractivity contribution in [3.05, 3.63) is 0 Å². The van der Waals surface area contributed by atoms with Gasteiger partial charge in [0.25, 0.3) is 5.91 Å². The van der Waals surface area contributed by atoms with E-state index in [0.717, 1.165) is 0 Å². The van der Waals surface area contributed by atoms with Gasteiger partial charge in [-0.15, -0.1) is 11.6 Å². The van der Waals surface area contributed by atoms with E-state index >= 15 is 0 Å². The first-order chi connectivity index (χ1) is 6.60. The van der Waals surface area contributed by atoms with Gasteiger partial charge in [0.05, 0.1) is 5.88 Å². The summed E-state index contributed by atoms with van der Waals surface area (Å²) in [6, 6.07) is 0. The predicted molar refractivity (Wildman–Crippen MR) is 58.8 cm³/mol. The van der Waals surface area contributed by atoms with Crippen molar-refractivity contribution < 1.29 is 14.3 Å². The molecule has 15 heavy (non-hydrogen) atoms. The van der Waals surface area contributed by atoms with Crippen molar-refractivity contribution in [2.45, 2.75) is 45.8 Å². The summed E-state index contributed by atoms with van der Waals surface area (Å²) < 4.78 is 4.91. The standard InChI is InChI=1S/C10H18ClNO3/c1-7(13)15-10(5,6-11)8(14)12-9(2,3)4/h6H2,1-5H3,(H,12,14). The van der Waals surface area contributed by atoms with E-state index in [1.54, 1.807) is 0 Å². The fraction of sp³-hybridized carbons (Fsp3) is 0.800. The highest BCUT2D eigenvalue weighted by molar-refractivity contribution is 6.20. The van der Waals surface area contributed by atoms with Crippen LogP contribution in [0.5, 0.6) is 0 Å². The maximum absolute atomic E-state index is 11.8. The number of alkyl halides is 1. The van der Waals surface area contributed by atoms with E-state index in [-0.39, 0.29) is 17.3 Å². The van der Waals surface area contributed by atoms with E-state index < -0.39 is 11.6 Å². The van der Waals surface area contributed by atoms with E-state index in [0.29, 0.717) is 0 Å². The Morgan fingerprint density at radius 1 is 1.27 bits per heavy atom. The molecule has 0 aromatic carbocycles. The van der Waals surface area contributed by atoms with Crippen LogP contribution < -0.4 is 5.32 Å². The summed E-state index contributed by atoms with van der Waals surface area (Å²) in [4.78, 5) is 22.6. The molecule has 0 spiro atoms. The fourth-order valence-corrected chi connectivity index (χ4v) is 1.10. The number of rotatable bonds is 3.